The van der Waals surface area contributed by atoms with Crippen molar-refractivity contribution in [2.45, 2.75) is 9.79 Å². The Morgan fingerprint density at radius 3 is 2.62 bits per heavy atom. The number of sulfone groups is 1. The number of aromatic amines is 1. The highest BCUT2D eigenvalue weighted by atomic mass is 32.2. The number of fused-ring (bicyclic) bond motifs is 1. The summed E-state index contributed by atoms with van der Waals surface area (Å²) in [5, 5.41) is 0. The van der Waals surface area contributed by atoms with E-state index in [4.69, 9.17) is 0 Å². The fourth-order valence-corrected chi connectivity index (χ4v) is 3.43. The van der Waals surface area contributed by atoms with Gasteiger partial charge in [-0.3, -0.25) is 0 Å². The minimum absolute atomic E-state index is 0.295. The maximum atomic E-state index is 11.6. The third-order valence-electron chi connectivity index (χ3n) is 3.24. The predicted molar refractivity (Wildman–Crippen MR) is 86.4 cm³/mol. The molecule has 0 aliphatic carbocycles. The largest absolute Gasteiger partial charge is 0.338 e. The smallest absolute Gasteiger partial charge is 0.175 e. The first-order valence-electron chi connectivity index (χ1n) is 6.32. The van der Waals surface area contributed by atoms with Crippen molar-refractivity contribution in [3.63, 3.8) is 0 Å². The van der Waals surface area contributed by atoms with E-state index in [9.17, 15) is 8.42 Å². The summed E-state index contributed by atoms with van der Waals surface area (Å²) >= 11 is 1.65. The van der Waals surface area contributed by atoms with Crippen LogP contribution in [0.3, 0.4) is 0 Å². The average Bonchev–Trinajstić information content (AvgIpc) is 2.89. The van der Waals surface area contributed by atoms with E-state index in [0.29, 0.717) is 4.90 Å². The van der Waals surface area contributed by atoms with Gasteiger partial charge in [0.1, 0.15) is 5.82 Å². The second kappa shape index (κ2) is 5.20. The van der Waals surface area contributed by atoms with Crippen molar-refractivity contribution < 1.29 is 8.42 Å². The summed E-state index contributed by atoms with van der Waals surface area (Å²) in [7, 11) is -3.21. The lowest BCUT2D eigenvalue weighted by Gasteiger charge is -2.02. The van der Waals surface area contributed by atoms with Gasteiger partial charge in [0, 0.05) is 16.7 Å². The Kier molecular flexibility index (Phi) is 3.51. The first-order chi connectivity index (χ1) is 9.99. The van der Waals surface area contributed by atoms with Gasteiger partial charge in [0.15, 0.2) is 9.84 Å². The van der Waals surface area contributed by atoms with Crippen LogP contribution in [0.15, 0.2) is 52.3 Å². The molecule has 0 aliphatic heterocycles. The summed E-state index contributed by atoms with van der Waals surface area (Å²) in [6.45, 7) is 0. The van der Waals surface area contributed by atoms with E-state index in [1.807, 2.05) is 30.5 Å². The quantitative estimate of drug-likeness (QED) is 0.752. The van der Waals surface area contributed by atoms with E-state index in [-0.39, 0.29) is 0 Å². The standard InChI is InChI=1S/C15H14N2O2S2/c1-20-14-6-4-3-5-11(14)15-16-12-8-7-10(21(2,18)19)9-13(12)17-15/h3-9H,1-2H3,(H,16,17). The normalized spacial score (nSPS) is 11.9. The Bertz CT molecular complexity index is 914. The van der Waals surface area contributed by atoms with E-state index in [0.717, 1.165) is 27.3 Å². The summed E-state index contributed by atoms with van der Waals surface area (Å²) in [4.78, 5) is 9.18. The number of imidazole rings is 1. The Morgan fingerprint density at radius 1 is 1.14 bits per heavy atom. The number of H-pyrrole nitrogens is 1. The second-order valence-electron chi connectivity index (χ2n) is 4.74. The zero-order valence-corrected chi connectivity index (χ0v) is 13.3. The molecule has 4 nitrogen and oxygen atoms in total. The van der Waals surface area contributed by atoms with Gasteiger partial charge in [-0.1, -0.05) is 18.2 Å². The SMILES string of the molecule is CSc1ccccc1-c1nc2ccc(S(C)(=O)=O)cc2[nH]1. The van der Waals surface area contributed by atoms with Crippen molar-refractivity contribution in [3.8, 4) is 11.4 Å². The molecule has 1 heterocycles. The first-order valence-corrected chi connectivity index (χ1v) is 9.44. The number of nitrogens with one attached hydrogen (secondary N) is 1. The topological polar surface area (TPSA) is 62.8 Å². The number of hydrogen-bond acceptors (Lipinski definition) is 4. The zero-order valence-electron chi connectivity index (χ0n) is 11.6. The first kappa shape index (κ1) is 14.2. The number of hydrogen-bond donors (Lipinski definition) is 1. The van der Waals surface area contributed by atoms with Crippen LogP contribution in [0.5, 0.6) is 0 Å². The molecule has 6 heteroatoms. The van der Waals surface area contributed by atoms with Gasteiger partial charge in [-0.25, -0.2) is 13.4 Å². The van der Waals surface area contributed by atoms with Gasteiger partial charge >= 0.3 is 0 Å². The molecule has 0 atom stereocenters. The summed E-state index contributed by atoms with van der Waals surface area (Å²) in [5.74, 6) is 0.751. The monoisotopic (exact) mass is 318 g/mol. The fraction of sp³-hybridized carbons (Fsp3) is 0.133. The highest BCUT2D eigenvalue weighted by molar-refractivity contribution is 7.98. The van der Waals surface area contributed by atoms with Crippen molar-refractivity contribution in [1.29, 1.82) is 0 Å². The molecule has 0 radical (unpaired) electrons. The molecule has 0 bridgehead atoms. The molecule has 0 fully saturated rings. The molecule has 0 saturated heterocycles. The fourth-order valence-electron chi connectivity index (χ4n) is 2.19. The lowest BCUT2D eigenvalue weighted by molar-refractivity contribution is 0.602. The molecule has 108 valence electrons. The molecule has 0 aliphatic rings. The maximum absolute atomic E-state index is 11.6. The van der Waals surface area contributed by atoms with Gasteiger partial charge in [-0.15, -0.1) is 11.8 Å². The van der Waals surface area contributed by atoms with Gasteiger partial charge in [0.25, 0.3) is 0 Å². The molecule has 0 unspecified atom stereocenters. The van der Waals surface area contributed by atoms with Crippen molar-refractivity contribution in [2.24, 2.45) is 0 Å². The third-order valence-corrected chi connectivity index (χ3v) is 5.15. The number of thioether (sulfide) groups is 1. The molecule has 1 aromatic heterocycles. The maximum Gasteiger partial charge on any atom is 0.175 e. The summed E-state index contributed by atoms with van der Waals surface area (Å²) in [6, 6.07) is 12.9. The highest BCUT2D eigenvalue weighted by Gasteiger charge is 2.12. The Labute approximate surface area is 127 Å². The van der Waals surface area contributed by atoms with E-state index >= 15 is 0 Å². The minimum atomic E-state index is -3.21. The van der Waals surface area contributed by atoms with Gasteiger partial charge in [0.05, 0.1) is 15.9 Å². The van der Waals surface area contributed by atoms with Crippen LogP contribution in [0.1, 0.15) is 0 Å². The number of nitrogens with zero attached hydrogens (tertiary/aromatic N) is 1. The van der Waals surface area contributed by atoms with Gasteiger partial charge in [0.2, 0.25) is 0 Å². The van der Waals surface area contributed by atoms with Crippen LogP contribution in [0.4, 0.5) is 0 Å². The Balaban J connectivity index is 2.18. The minimum Gasteiger partial charge on any atom is -0.338 e. The van der Waals surface area contributed by atoms with Crippen molar-refractivity contribution in [1.82, 2.24) is 9.97 Å². The molecule has 0 spiro atoms. The molecule has 1 N–H and O–H groups in total. The predicted octanol–water partition coefficient (Wildman–Crippen LogP) is 3.36. The van der Waals surface area contributed by atoms with E-state index in [2.05, 4.69) is 9.97 Å². The van der Waals surface area contributed by atoms with Crippen LogP contribution in [-0.2, 0) is 9.84 Å². The van der Waals surface area contributed by atoms with Crippen molar-refractivity contribution in [2.75, 3.05) is 12.5 Å². The van der Waals surface area contributed by atoms with Crippen molar-refractivity contribution in [3.05, 3.63) is 42.5 Å². The highest BCUT2D eigenvalue weighted by Crippen LogP contribution is 2.29. The van der Waals surface area contributed by atoms with Gasteiger partial charge < -0.3 is 4.98 Å². The number of rotatable bonds is 3. The summed E-state index contributed by atoms with van der Waals surface area (Å²) in [5.41, 5.74) is 2.50. The van der Waals surface area contributed by atoms with E-state index < -0.39 is 9.84 Å². The van der Waals surface area contributed by atoms with E-state index in [1.54, 1.807) is 30.0 Å². The zero-order chi connectivity index (χ0) is 15.0. The van der Waals surface area contributed by atoms with Crippen LogP contribution in [-0.4, -0.2) is 30.9 Å². The third kappa shape index (κ3) is 2.69. The second-order valence-corrected chi connectivity index (χ2v) is 7.60. The Hall–Kier alpha value is -1.79. The van der Waals surface area contributed by atoms with Crippen LogP contribution < -0.4 is 0 Å². The van der Waals surface area contributed by atoms with Crippen LogP contribution in [0.25, 0.3) is 22.4 Å². The average molecular weight is 318 g/mol. The molecule has 0 amide bonds. The summed E-state index contributed by atoms with van der Waals surface area (Å²) in [6.07, 6.45) is 3.22. The molecule has 0 saturated carbocycles. The lowest BCUT2D eigenvalue weighted by Crippen LogP contribution is -1.96. The number of aromatic nitrogens is 2. The van der Waals surface area contributed by atoms with Gasteiger partial charge in [-0.05, 0) is 30.5 Å². The molecule has 2 aromatic carbocycles. The molecule has 3 rings (SSSR count). The molecular weight excluding hydrogens is 304 g/mol. The molecule has 3 aromatic rings. The van der Waals surface area contributed by atoms with Gasteiger partial charge in [-0.2, -0.15) is 0 Å². The molecular formula is C15H14N2O2S2. The number of benzene rings is 2. The lowest BCUT2D eigenvalue weighted by atomic mass is 10.2. The summed E-state index contributed by atoms with van der Waals surface area (Å²) < 4.78 is 23.2. The van der Waals surface area contributed by atoms with Crippen LogP contribution in [0, 0.1) is 0 Å². The molecule has 21 heavy (non-hydrogen) atoms. The Morgan fingerprint density at radius 2 is 1.90 bits per heavy atom. The van der Waals surface area contributed by atoms with E-state index in [1.165, 1.54) is 6.26 Å². The van der Waals surface area contributed by atoms with Crippen molar-refractivity contribution >= 4 is 32.6 Å². The van der Waals surface area contributed by atoms with Crippen LogP contribution in [0.2, 0.25) is 0 Å². The van der Waals surface area contributed by atoms with Crippen LogP contribution >= 0.6 is 11.8 Å².